The van der Waals surface area contributed by atoms with Crippen LogP contribution >= 0.6 is 0 Å². The van der Waals surface area contributed by atoms with Crippen molar-refractivity contribution in [3.63, 3.8) is 0 Å². The predicted octanol–water partition coefficient (Wildman–Crippen LogP) is 2.63. The zero-order valence-corrected chi connectivity index (χ0v) is 12.9. The van der Waals surface area contributed by atoms with Gasteiger partial charge in [0.2, 0.25) is 0 Å². The second-order valence-electron chi connectivity index (χ2n) is 4.75. The summed E-state index contributed by atoms with van der Waals surface area (Å²) in [6, 6.07) is 11.2. The monoisotopic (exact) mass is 321 g/mol. The maximum absolute atomic E-state index is 11.3. The first-order chi connectivity index (χ1) is 11.8. The molecule has 120 valence electrons. The van der Waals surface area contributed by atoms with Crippen molar-refractivity contribution in [2.45, 2.75) is 0 Å². The van der Waals surface area contributed by atoms with Gasteiger partial charge in [-0.25, -0.2) is 4.79 Å². The molecular formula is C17H15N5O2. The van der Waals surface area contributed by atoms with Gasteiger partial charge in [-0.3, -0.25) is 15.1 Å². The Labute approximate surface area is 138 Å². The van der Waals surface area contributed by atoms with Crippen LogP contribution in [0.5, 0.6) is 0 Å². The third-order valence-electron chi connectivity index (χ3n) is 3.24. The first-order valence-corrected chi connectivity index (χ1v) is 7.22. The minimum absolute atomic E-state index is 0.454. The Bertz CT molecular complexity index is 787. The van der Waals surface area contributed by atoms with Crippen LogP contribution < -0.4 is 5.32 Å². The van der Waals surface area contributed by atoms with Gasteiger partial charge in [0, 0.05) is 24.7 Å². The number of hydrogen-bond donors (Lipinski definition) is 2. The van der Waals surface area contributed by atoms with Crippen LogP contribution in [0.2, 0.25) is 0 Å². The molecule has 0 saturated heterocycles. The lowest BCUT2D eigenvalue weighted by Gasteiger charge is -2.05. The number of ether oxygens (including phenoxy) is 1. The Morgan fingerprint density at radius 2 is 1.83 bits per heavy atom. The Balaban J connectivity index is 2.02. The molecule has 7 nitrogen and oxygen atoms in total. The van der Waals surface area contributed by atoms with Crippen LogP contribution in [-0.4, -0.2) is 33.2 Å². The quantitative estimate of drug-likeness (QED) is 0.554. The van der Waals surface area contributed by atoms with Gasteiger partial charge in [-0.2, -0.15) is 5.10 Å². The lowest BCUT2D eigenvalue weighted by atomic mass is 10.1. The summed E-state index contributed by atoms with van der Waals surface area (Å²) in [6.45, 7) is 0. The number of anilines is 1. The molecule has 3 rings (SSSR count). The van der Waals surface area contributed by atoms with Gasteiger partial charge in [0.05, 0.1) is 24.2 Å². The van der Waals surface area contributed by atoms with Gasteiger partial charge in [0.15, 0.2) is 0 Å². The van der Waals surface area contributed by atoms with Crippen LogP contribution in [0.1, 0.15) is 0 Å². The number of nitrogens with zero attached hydrogens (tertiary/aromatic N) is 3. The van der Waals surface area contributed by atoms with Gasteiger partial charge in [0.25, 0.3) is 0 Å². The van der Waals surface area contributed by atoms with Crippen molar-refractivity contribution in [2.24, 2.45) is 0 Å². The molecule has 0 aromatic carbocycles. The number of H-pyrrole nitrogens is 1. The first kappa shape index (κ1) is 15.4. The molecule has 0 radical (unpaired) electrons. The van der Waals surface area contributed by atoms with Gasteiger partial charge in [-0.1, -0.05) is 12.1 Å². The smallest absolute Gasteiger partial charge is 0.331 e. The number of aromatic amines is 1. The maximum Gasteiger partial charge on any atom is 0.331 e. The van der Waals surface area contributed by atoms with Crippen LogP contribution in [0, 0.1) is 0 Å². The highest BCUT2D eigenvalue weighted by Crippen LogP contribution is 2.33. The zero-order chi connectivity index (χ0) is 16.8. The van der Waals surface area contributed by atoms with E-state index in [-0.39, 0.29) is 0 Å². The Morgan fingerprint density at radius 3 is 2.46 bits per heavy atom. The number of methoxy groups -OCH3 is 1. The van der Waals surface area contributed by atoms with Crippen LogP contribution in [0.15, 0.2) is 61.1 Å². The van der Waals surface area contributed by atoms with Crippen LogP contribution in [0.4, 0.5) is 5.69 Å². The van der Waals surface area contributed by atoms with Gasteiger partial charge < -0.3 is 10.1 Å². The van der Waals surface area contributed by atoms with E-state index in [4.69, 9.17) is 0 Å². The van der Waals surface area contributed by atoms with Crippen LogP contribution in [0.3, 0.4) is 0 Å². The van der Waals surface area contributed by atoms with Gasteiger partial charge >= 0.3 is 5.97 Å². The van der Waals surface area contributed by atoms with Crippen LogP contribution in [-0.2, 0) is 9.53 Å². The minimum atomic E-state index is -0.454. The summed E-state index contributed by atoms with van der Waals surface area (Å²) < 4.78 is 4.59. The molecular weight excluding hydrogens is 306 g/mol. The van der Waals surface area contributed by atoms with E-state index in [9.17, 15) is 4.79 Å². The number of carbonyl (C=O) groups excluding carboxylic acids is 1. The van der Waals surface area contributed by atoms with E-state index in [1.807, 2.05) is 36.4 Å². The lowest BCUT2D eigenvalue weighted by molar-refractivity contribution is -0.134. The topological polar surface area (TPSA) is 92.8 Å². The molecule has 2 N–H and O–H groups in total. The molecule has 0 spiro atoms. The van der Waals surface area contributed by atoms with Crippen molar-refractivity contribution in [1.82, 2.24) is 20.2 Å². The number of carbonyl (C=O) groups is 1. The normalized spacial score (nSPS) is 10.7. The highest BCUT2D eigenvalue weighted by atomic mass is 16.5. The van der Waals surface area contributed by atoms with E-state index in [2.05, 4.69) is 30.2 Å². The summed E-state index contributed by atoms with van der Waals surface area (Å²) in [6.07, 6.45) is 6.18. The molecule has 0 fully saturated rings. The molecule has 3 heterocycles. The molecule has 0 aliphatic heterocycles. The minimum Gasteiger partial charge on any atom is -0.466 e. The largest absolute Gasteiger partial charge is 0.466 e. The van der Waals surface area contributed by atoms with E-state index >= 15 is 0 Å². The van der Waals surface area contributed by atoms with Gasteiger partial charge in [-0.05, 0) is 24.3 Å². The van der Waals surface area contributed by atoms with E-state index in [1.54, 1.807) is 12.4 Å². The van der Waals surface area contributed by atoms with Gasteiger partial charge in [-0.15, -0.1) is 0 Å². The number of esters is 1. The number of aromatic nitrogens is 4. The van der Waals surface area contributed by atoms with Crippen molar-refractivity contribution in [2.75, 3.05) is 12.4 Å². The van der Waals surface area contributed by atoms with Crippen molar-refractivity contribution >= 4 is 11.7 Å². The predicted molar refractivity (Wildman–Crippen MR) is 89.8 cm³/mol. The van der Waals surface area contributed by atoms with Crippen molar-refractivity contribution in [1.29, 1.82) is 0 Å². The summed E-state index contributed by atoms with van der Waals surface area (Å²) in [7, 11) is 1.32. The van der Waals surface area contributed by atoms with E-state index < -0.39 is 5.97 Å². The second kappa shape index (κ2) is 7.19. The highest BCUT2D eigenvalue weighted by Gasteiger charge is 2.17. The molecule has 0 aliphatic rings. The lowest BCUT2D eigenvalue weighted by Crippen LogP contribution is -1.98. The highest BCUT2D eigenvalue weighted by molar-refractivity contribution is 5.86. The number of hydrogen-bond acceptors (Lipinski definition) is 6. The average molecular weight is 321 g/mol. The molecule has 3 aromatic rings. The Hall–Kier alpha value is -3.48. The molecule has 0 bridgehead atoms. The Kier molecular flexibility index (Phi) is 4.62. The zero-order valence-electron chi connectivity index (χ0n) is 12.9. The number of pyridine rings is 2. The third-order valence-corrected chi connectivity index (χ3v) is 3.24. The summed E-state index contributed by atoms with van der Waals surface area (Å²) in [5, 5.41) is 10.4. The third kappa shape index (κ3) is 3.30. The van der Waals surface area contributed by atoms with E-state index in [0.29, 0.717) is 22.8 Å². The SMILES string of the molecule is COC(=O)/C=C/Nc1c(-c2ccccn2)n[nH]c1-c1ccccn1. The number of rotatable bonds is 5. The fourth-order valence-corrected chi connectivity index (χ4v) is 2.13. The molecule has 0 amide bonds. The standard InChI is InChI=1S/C17H15N5O2/c1-24-14(23)8-11-20-17-15(12-6-2-4-9-18-12)21-22-16(17)13-7-3-5-10-19-13/h2-11,20H,1H3,(H,21,22)/b11-8+. The molecule has 7 heteroatoms. The fraction of sp³-hybridized carbons (Fsp3) is 0.0588. The number of nitrogens with one attached hydrogen (secondary N) is 2. The van der Waals surface area contributed by atoms with Crippen molar-refractivity contribution in [3.8, 4) is 22.8 Å². The average Bonchev–Trinajstić information content (AvgIpc) is 3.07. The summed E-state index contributed by atoms with van der Waals surface area (Å²) in [4.78, 5) is 19.9. The summed E-state index contributed by atoms with van der Waals surface area (Å²) >= 11 is 0. The molecule has 0 aliphatic carbocycles. The molecule has 0 saturated carbocycles. The van der Waals surface area contributed by atoms with Gasteiger partial charge in [0.1, 0.15) is 11.4 Å². The first-order valence-electron chi connectivity index (χ1n) is 7.22. The van der Waals surface area contributed by atoms with Crippen LogP contribution in [0.25, 0.3) is 22.8 Å². The van der Waals surface area contributed by atoms with Crippen molar-refractivity contribution in [3.05, 3.63) is 61.1 Å². The maximum atomic E-state index is 11.3. The van der Waals surface area contributed by atoms with E-state index in [1.165, 1.54) is 19.4 Å². The summed E-state index contributed by atoms with van der Waals surface area (Å²) in [5.41, 5.74) is 3.43. The van der Waals surface area contributed by atoms with Crippen molar-refractivity contribution < 1.29 is 9.53 Å². The van der Waals surface area contributed by atoms with E-state index in [0.717, 1.165) is 5.69 Å². The molecule has 3 aromatic heterocycles. The second-order valence-corrected chi connectivity index (χ2v) is 4.75. The summed E-state index contributed by atoms with van der Waals surface area (Å²) in [5.74, 6) is -0.454. The Morgan fingerprint density at radius 1 is 1.12 bits per heavy atom. The molecule has 24 heavy (non-hydrogen) atoms. The molecule has 0 atom stereocenters. The fourth-order valence-electron chi connectivity index (χ4n) is 2.13. The molecule has 0 unspecified atom stereocenters.